The van der Waals surface area contributed by atoms with Crippen molar-refractivity contribution in [3.63, 3.8) is 0 Å². The van der Waals surface area contributed by atoms with Crippen molar-refractivity contribution < 1.29 is 4.42 Å². The van der Waals surface area contributed by atoms with Crippen LogP contribution in [-0.2, 0) is 10.8 Å². The van der Waals surface area contributed by atoms with Crippen LogP contribution in [-0.4, -0.2) is 6.71 Å². The van der Waals surface area contributed by atoms with Crippen LogP contribution < -0.4 is 20.0 Å². The first-order valence-corrected chi connectivity index (χ1v) is 26.5. The van der Waals surface area contributed by atoms with Gasteiger partial charge >= 0.3 is 0 Å². The lowest BCUT2D eigenvalue weighted by Gasteiger charge is -2.53. The number of para-hydroxylation sites is 2. The predicted octanol–water partition coefficient (Wildman–Crippen LogP) is 16.6. The lowest BCUT2D eigenvalue weighted by molar-refractivity contribution is 0.121. The molecular formula is C62H71BN2OS. The van der Waals surface area contributed by atoms with Crippen molar-refractivity contribution in [3.05, 3.63) is 130 Å². The van der Waals surface area contributed by atoms with Gasteiger partial charge in [0.25, 0.3) is 6.71 Å². The Balaban J connectivity index is 1.21. The van der Waals surface area contributed by atoms with Crippen molar-refractivity contribution in [3.8, 4) is 0 Å². The highest BCUT2D eigenvalue weighted by molar-refractivity contribution is 7.33. The summed E-state index contributed by atoms with van der Waals surface area (Å²) >= 11 is 2.09. The first-order valence-electron chi connectivity index (χ1n) is 25.7. The maximum Gasteiger partial charge on any atom is 0.264 e. The third kappa shape index (κ3) is 6.27. The molecule has 6 aliphatic rings. The van der Waals surface area contributed by atoms with Gasteiger partial charge in [0.2, 0.25) is 0 Å². The fourth-order valence-corrected chi connectivity index (χ4v) is 15.4. The lowest BCUT2D eigenvalue weighted by atomic mass is 9.34. The number of furan rings is 1. The van der Waals surface area contributed by atoms with E-state index in [4.69, 9.17) is 4.42 Å². The molecule has 0 N–H and O–H groups in total. The number of benzene rings is 4. The quantitative estimate of drug-likeness (QED) is 0.165. The van der Waals surface area contributed by atoms with Gasteiger partial charge in [0.1, 0.15) is 5.58 Å². The number of hydrogen-bond donors (Lipinski definition) is 0. The Labute approximate surface area is 405 Å². The van der Waals surface area contributed by atoms with Crippen LogP contribution in [0, 0.1) is 46.8 Å². The maximum atomic E-state index is 7.00. The molecule has 1 fully saturated rings. The molecule has 0 bridgehead atoms. The van der Waals surface area contributed by atoms with Gasteiger partial charge in [-0.2, -0.15) is 0 Å². The molecule has 67 heavy (non-hydrogen) atoms. The predicted molar refractivity (Wildman–Crippen MR) is 290 cm³/mol. The smallest absolute Gasteiger partial charge is 0.264 e. The topological polar surface area (TPSA) is 19.6 Å². The van der Waals surface area contributed by atoms with Gasteiger partial charge < -0.3 is 14.2 Å². The van der Waals surface area contributed by atoms with Crippen LogP contribution in [0.4, 0.5) is 22.7 Å². The Morgan fingerprint density at radius 3 is 2.13 bits per heavy atom. The van der Waals surface area contributed by atoms with Crippen LogP contribution >= 0.6 is 11.3 Å². The zero-order chi connectivity index (χ0) is 47.1. The summed E-state index contributed by atoms with van der Waals surface area (Å²) in [7, 11) is 0. The second kappa shape index (κ2) is 14.2. The number of anilines is 4. The number of rotatable bonds is 3. The van der Waals surface area contributed by atoms with Gasteiger partial charge in [-0.25, -0.2) is 0 Å². The Hall–Kier alpha value is -4.74. The van der Waals surface area contributed by atoms with E-state index in [0.717, 1.165) is 23.3 Å². The highest BCUT2D eigenvalue weighted by atomic mass is 32.1. The number of nitrogens with zero attached hydrogens (tertiary/aromatic N) is 2. The van der Waals surface area contributed by atoms with Gasteiger partial charge in [0.15, 0.2) is 5.58 Å². The fraction of sp³-hybridized carbons (Fsp3) is 0.452. The molecule has 3 unspecified atom stereocenters. The second-order valence-corrected chi connectivity index (χ2v) is 26.9. The van der Waals surface area contributed by atoms with Gasteiger partial charge in [-0.05, 0) is 160 Å². The zero-order valence-electron chi connectivity index (χ0n) is 42.8. The summed E-state index contributed by atoms with van der Waals surface area (Å²) in [6.45, 7) is 34.7. The second-order valence-electron chi connectivity index (χ2n) is 25.8. The van der Waals surface area contributed by atoms with E-state index in [-0.39, 0.29) is 33.8 Å². The van der Waals surface area contributed by atoms with Crippen LogP contribution in [0.3, 0.4) is 0 Å². The van der Waals surface area contributed by atoms with E-state index < -0.39 is 0 Å². The molecule has 4 aromatic carbocycles. The van der Waals surface area contributed by atoms with E-state index in [9.17, 15) is 0 Å². The van der Waals surface area contributed by atoms with E-state index in [1.54, 1.807) is 11.1 Å². The van der Waals surface area contributed by atoms with E-state index in [2.05, 4.69) is 209 Å². The van der Waals surface area contributed by atoms with Crippen molar-refractivity contribution in [2.75, 3.05) is 9.80 Å². The molecule has 2 aliphatic heterocycles. The maximum absolute atomic E-state index is 7.00. The lowest BCUT2D eigenvalue weighted by Crippen LogP contribution is -2.56. The van der Waals surface area contributed by atoms with Gasteiger partial charge in [-0.3, -0.25) is 0 Å². The number of thiophene rings is 1. The van der Waals surface area contributed by atoms with Crippen molar-refractivity contribution in [2.24, 2.45) is 39.9 Å². The summed E-state index contributed by atoms with van der Waals surface area (Å²) in [5, 5.41) is 3.77. The van der Waals surface area contributed by atoms with E-state index >= 15 is 0 Å². The average Bonchev–Trinajstić information content (AvgIpc) is 3.84. The molecule has 12 rings (SSSR count). The van der Waals surface area contributed by atoms with E-state index in [1.165, 1.54) is 102 Å². The average molecular weight is 903 g/mol. The third-order valence-electron chi connectivity index (χ3n) is 18.2. The molecule has 4 aliphatic carbocycles. The molecule has 3 nitrogen and oxygen atoms in total. The first-order chi connectivity index (χ1) is 31.6. The third-order valence-corrected chi connectivity index (χ3v) is 19.4. The molecule has 0 radical (unpaired) electrons. The Bertz CT molecular complexity index is 3240. The van der Waals surface area contributed by atoms with E-state index in [1.807, 2.05) is 0 Å². The first kappa shape index (κ1) is 43.5. The highest BCUT2D eigenvalue weighted by Crippen LogP contribution is 2.60. The number of aryl methyl sites for hydroxylation is 1. The summed E-state index contributed by atoms with van der Waals surface area (Å²) in [5.41, 5.74) is 19.4. The van der Waals surface area contributed by atoms with Crippen molar-refractivity contribution >= 4 is 83.1 Å². The van der Waals surface area contributed by atoms with Crippen molar-refractivity contribution in [1.82, 2.24) is 0 Å². The monoisotopic (exact) mass is 903 g/mol. The molecule has 6 aromatic rings. The summed E-state index contributed by atoms with van der Waals surface area (Å²) in [4.78, 5) is 5.46. The molecule has 1 saturated carbocycles. The molecule has 0 amide bonds. The van der Waals surface area contributed by atoms with Crippen LogP contribution in [0.15, 0.2) is 118 Å². The summed E-state index contributed by atoms with van der Waals surface area (Å²) in [6.07, 6.45) is 16.4. The van der Waals surface area contributed by atoms with Crippen molar-refractivity contribution in [2.45, 2.75) is 140 Å². The van der Waals surface area contributed by atoms with Crippen LogP contribution in [0.2, 0.25) is 0 Å². The van der Waals surface area contributed by atoms with Crippen LogP contribution in [0.5, 0.6) is 0 Å². The van der Waals surface area contributed by atoms with Crippen LogP contribution in [0.1, 0.15) is 139 Å². The number of hydrogen-bond acceptors (Lipinski definition) is 4. The minimum atomic E-state index is 0.0939. The SMILES string of the molecule is Cc1cc2c3c(c1)N(c1cccc4c1oc1ccccc14)C1=C(C=C4C(C1)C(C)(C)CCC4(C)C)B3c1sc3cc4c(cc3c1N2C1=CC(C(C)(C)C)C(C(C)C)C=C1)C(C)(C)CCC4(C)C. The summed E-state index contributed by atoms with van der Waals surface area (Å²) < 4.78 is 9.92. The summed E-state index contributed by atoms with van der Waals surface area (Å²) in [6, 6.07) is 25.8. The number of fused-ring (bicyclic) bond motifs is 10. The standard InChI is InChI=1S/C62H71BN2OS/c1-35(2)38-23-22-37(30-42(38)58(4,5)6)64-50-28-36(3)29-51-54(50)63(57-55(64)41-31-43-46(34-53(41)67-57)62(13,14)27-24-59(43,7)8)47-32-44-45(61(11,12)26-25-60(44,9)10)33-49(47)65(51)48-20-17-19-40-39-18-15-16-21-52(39)66-56(40)48/h15-23,28-32,34-35,38,42,45H,24-27,33H2,1-14H3. The van der Waals surface area contributed by atoms with E-state index in [0.29, 0.717) is 23.7 Å². The minimum absolute atomic E-state index is 0.0939. The molecule has 344 valence electrons. The van der Waals surface area contributed by atoms with Crippen molar-refractivity contribution in [1.29, 1.82) is 0 Å². The Kier molecular flexibility index (Phi) is 9.21. The Morgan fingerprint density at radius 2 is 1.42 bits per heavy atom. The van der Waals surface area contributed by atoms with Gasteiger partial charge in [-0.1, -0.05) is 144 Å². The molecule has 0 spiro atoms. The minimum Gasteiger partial charge on any atom is -0.454 e. The number of allylic oxidation sites excluding steroid dienone is 7. The normalized spacial score (nSPS) is 24.4. The van der Waals surface area contributed by atoms with Gasteiger partial charge in [-0.15, -0.1) is 11.3 Å². The molecule has 4 heterocycles. The van der Waals surface area contributed by atoms with Gasteiger partial charge in [0.05, 0.1) is 11.4 Å². The van der Waals surface area contributed by atoms with Crippen LogP contribution in [0.25, 0.3) is 32.0 Å². The molecular weight excluding hydrogens is 832 g/mol. The summed E-state index contributed by atoms with van der Waals surface area (Å²) in [5.74, 6) is 1.85. The van der Waals surface area contributed by atoms with Gasteiger partial charge in [0, 0.05) is 48.4 Å². The Morgan fingerprint density at radius 1 is 0.746 bits per heavy atom. The molecule has 3 atom stereocenters. The molecule has 2 aromatic heterocycles. The molecule has 5 heteroatoms. The zero-order valence-corrected chi connectivity index (χ0v) is 43.6. The largest absolute Gasteiger partial charge is 0.454 e. The highest BCUT2D eigenvalue weighted by Gasteiger charge is 2.53. The molecule has 0 saturated heterocycles. The fourth-order valence-electron chi connectivity index (χ4n) is 14.0.